The van der Waals surface area contributed by atoms with Crippen molar-refractivity contribution < 1.29 is 13.2 Å². The van der Waals surface area contributed by atoms with Crippen molar-refractivity contribution in [3.05, 3.63) is 36.0 Å². The van der Waals surface area contributed by atoms with Crippen molar-refractivity contribution in [3.8, 4) is 0 Å². The largest absolute Gasteiger partial charge is 0.343 e. The zero-order valence-electron chi connectivity index (χ0n) is 12.9. The first-order valence-electron chi connectivity index (χ1n) is 6.74. The lowest BCUT2D eigenvalue weighted by Gasteiger charge is -2.12. The molecule has 0 saturated heterocycles. The van der Waals surface area contributed by atoms with E-state index in [2.05, 4.69) is 0 Å². The summed E-state index contributed by atoms with van der Waals surface area (Å²) < 4.78 is 27.6. The standard InChI is InChI=1S/C15H17N3O3S/c1-16(2)15(19)13-9-12-14(18(13)22(4,20)21)10-7-5-6-8-11(10)17(12)3/h5-9H,1-4H3. The smallest absolute Gasteiger partial charge is 0.271 e. The topological polar surface area (TPSA) is 64.3 Å². The Morgan fingerprint density at radius 1 is 1.14 bits per heavy atom. The Morgan fingerprint density at radius 3 is 2.36 bits per heavy atom. The Balaban J connectivity index is 2.55. The molecule has 0 saturated carbocycles. The molecule has 2 aromatic heterocycles. The number of rotatable bonds is 2. The van der Waals surface area contributed by atoms with E-state index >= 15 is 0 Å². The third-order valence-corrected chi connectivity index (χ3v) is 4.82. The molecule has 2 heterocycles. The van der Waals surface area contributed by atoms with E-state index in [1.807, 2.05) is 35.9 Å². The zero-order valence-corrected chi connectivity index (χ0v) is 13.7. The fourth-order valence-corrected chi connectivity index (χ4v) is 3.81. The first-order valence-corrected chi connectivity index (χ1v) is 8.59. The maximum absolute atomic E-state index is 12.4. The monoisotopic (exact) mass is 319 g/mol. The van der Waals surface area contributed by atoms with E-state index in [0.717, 1.165) is 26.6 Å². The van der Waals surface area contributed by atoms with E-state index in [1.54, 1.807) is 20.2 Å². The van der Waals surface area contributed by atoms with Gasteiger partial charge in [0, 0.05) is 26.5 Å². The van der Waals surface area contributed by atoms with Gasteiger partial charge in [0.1, 0.15) is 5.69 Å². The number of aromatic nitrogens is 2. The minimum atomic E-state index is -3.62. The lowest BCUT2D eigenvalue weighted by Crippen LogP contribution is -2.26. The number of carbonyl (C=O) groups is 1. The highest BCUT2D eigenvalue weighted by molar-refractivity contribution is 7.89. The van der Waals surface area contributed by atoms with Crippen LogP contribution in [-0.4, -0.2) is 48.1 Å². The van der Waals surface area contributed by atoms with Crippen molar-refractivity contribution in [1.82, 2.24) is 13.4 Å². The highest BCUT2D eigenvalue weighted by Crippen LogP contribution is 2.32. The van der Waals surface area contributed by atoms with E-state index in [-0.39, 0.29) is 11.6 Å². The van der Waals surface area contributed by atoms with Gasteiger partial charge in [0.15, 0.2) is 0 Å². The third kappa shape index (κ3) is 1.93. The second kappa shape index (κ2) is 4.61. The van der Waals surface area contributed by atoms with Gasteiger partial charge in [-0.05, 0) is 12.1 Å². The van der Waals surface area contributed by atoms with Gasteiger partial charge in [0.2, 0.25) is 10.0 Å². The summed E-state index contributed by atoms with van der Waals surface area (Å²) in [7, 11) is 1.45. The van der Waals surface area contributed by atoms with Gasteiger partial charge in [0.25, 0.3) is 5.91 Å². The first kappa shape index (κ1) is 14.6. The van der Waals surface area contributed by atoms with E-state index in [1.165, 1.54) is 4.90 Å². The SMILES string of the molecule is CN(C)C(=O)c1cc2c(c3ccccc3n2C)n1S(C)(=O)=O. The van der Waals surface area contributed by atoms with Crippen LogP contribution in [0.15, 0.2) is 30.3 Å². The number of para-hydroxylation sites is 1. The van der Waals surface area contributed by atoms with Crippen LogP contribution >= 0.6 is 0 Å². The molecule has 1 amide bonds. The summed E-state index contributed by atoms with van der Waals surface area (Å²) in [6.45, 7) is 0. The molecule has 0 aliphatic heterocycles. The van der Waals surface area contributed by atoms with Gasteiger partial charge < -0.3 is 9.47 Å². The molecule has 0 atom stereocenters. The van der Waals surface area contributed by atoms with Crippen molar-refractivity contribution in [3.63, 3.8) is 0 Å². The molecule has 0 bridgehead atoms. The number of amides is 1. The Morgan fingerprint density at radius 2 is 1.77 bits per heavy atom. The summed E-state index contributed by atoms with van der Waals surface area (Å²) in [5, 5.41) is 0.809. The molecule has 0 N–H and O–H groups in total. The molecule has 0 aliphatic rings. The molecule has 1 aromatic carbocycles. The first-order chi connectivity index (χ1) is 10.2. The van der Waals surface area contributed by atoms with Gasteiger partial charge in [-0.25, -0.2) is 12.4 Å². The highest BCUT2D eigenvalue weighted by atomic mass is 32.2. The van der Waals surface area contributed by atoms with Crippen LogP contribution in [0.1, 0.15) is 10.5 Å². The number of aryl methyl sites for hydroxylation is 1. The van der Waals surface area contributed by atoms with Crippen molar-refractivity contribution >= 4 is 37.9 Å². The molecule has 0 aliphatic carbocycles. The lowest BCUT2D eigenvalue weighted by atomic mass is 10.2. The van der Waals surface area contributed by atoms with Crippen LogP contribution in [0.2, 0.25) is 0 Å². The molecule has 3 rings (SSSR count). The van der Waals surface area contributed by atoms with Gasteiger partial charge >= 0.3 is 0 Å². The van der Waals surface area contributed by atoms with Crippen LogP contribution in [0.4, 0.5) is 0 Å². The van der Waals surface area contributed by atoms with Crippen LogP contribution in [-0.2, 0) is 17.1 Å². The second-order valence-electron chi connectivity index (χ2n) is 5.57. The van der Waals surface area contributed by atoms with E-state index < -0.39 is 10.0 Å². The summed E-state index contributed by atoms with van der Waals surface area (Å²) in [5.74, 6) is -0.342. The summed E-state index contributed by atoms with van der Waals surface area (Å²) in [5.41, 5.74) is 2.34. The number of carbonyl (C=O) groups excluding carboxylic acids is 1. The van der Waals surface area contributed by atoms with Crippen LogP contribution in [0, 0.1) is 0 Å². The molecule has 116 valence electrons. The molecule has 22 heavy (non-hydrogen) atoms. The maximum atomic E-state index is 12.4. The average Bonchev–Trinajstić information content (AvgIpc) is 2.95. The number of hydrogen-bond donors (Lipinski definition) is 0. The van der Waals surface area contributed by atoms with Crippen LogP contribution in [0.25, 0.3) is 21.9 Å². The summed E-state index contributed by atoms with van der Waals surface area (Å²) >= 11 is 0. The van der Waals surface area contributed by atoms with Crippen LogP contribution in [0.5, 0.6) is 0 Å². The molecule has 7 heteroatoms. The quantitative estimate of drug-likeness (QED) is 0.721. The summed E-state index contributed by atoms with van der Waals surface area (Å²) in [6, 6.07) is 9.18. The minimum absolute atomic E-state index is 0.152. The summed E-state index contributed by atoms with van der Waals surface area (Å²) in [6.07, 6.45) is 1.11. The number of nitrogens with zero attached hydrogens (tertiary/aromatic N) is 3. The van der Waals surface area contributed by atoms with Crippen molar-refractivity contribution in [2.24, 2.45) is 7.05 Å². The molecule has 0 radical (unpaired) electrons. The third-order valence-electron chi connectivity index (χ3n) is 3.78. The molecule has 0 unspecified atom stereocenters. The zero-order chi connectivity index (χ0) is 16.2. The molecular formula is C15H17N3O3S. The highest BCUT2D eigenvalue weighted by Gasteiger charge is 2.26. The molecule has 0 fully saturated rings. The van der Waals surface area contributed by atoms with Gasteiger partial charge in [-0.2, -0.15) is 0 Å². The Hall–Kier alpha value is -2.28. The van der Waals surface area contributed by atoms with Gasteiger partial charge in [-0.15, -0.1) is 0 Å². The van der Waals surface area contributed by atoms with Gasteiger partial charge in [0.05, 0.1) is 22.8 Å². The predicted molar refractivity (Wildman–Crippen MR) is 86.7 cm³/mol. The predicted octanol–water partition coefficient (Wildman–Crippen LogP) is 1.64. The summed E-state index contributed by atoms with van der Waals surface area (Å²) in [4.78, 5) is 13.7. The lowest BCUT2D eigenvalue weighted by molar-refractivity contribution is 0.0821. The second-order valence-corrected chi connectivity index (χ2v) is 7.40. The fraction of sp³-hybridized carbons (Fsp3) is 0.267. The van der Waals surface area contributed by atoms with Crippen molar-refractivity contribution in [1.29, 1.82) is 0 Å². The average molecular weight is 319 g/mol. The molecule has 3 aromatic rings. The number of fused-ring (bicyclic) bond motifs is 3. The number of benzene rings is 1. The van der Waals surface area contributed by atoms with Crippen LogP contribution in [0.3, 0.4) is 0 Å². The maximum Gasteiger partial charge on any atom is 0.271 e. The van der Waals surface area contributed by atoms with E-state index in [0.29, 0.717) is 5.52 Å². The van der Waals surface area contributed by atoms with Crippen LogP contribution < -0.4 is 0 Å². The fourth-order valence-electron chi connectivity index (χ4n) is 2.80. The van der Waals surface area contributed by atoms with E-state index in [4.69, 9.17) is 0 Å². The van der Waals surface area contributed by atoms with Gasteiger partial charge in [-0.3, -0.25) is 4.79 Å². The normalized spacial score (nSPS) is 12.2. The molecule has 0 spiro atoms. The van der Waals surface area contributed by atoms with Crippen molar-refractivity contribution in [2.75, 3.05) is 20.4 Å². The Bertz CT molecular complexity index is 1010. The minimum Gasteiger partial charge on any atom is -0.343 e. The molecule has 6 nitrogen and oxygen atoms in total. The van der Waals surface area contributed by atoms with Crippen molar-refractivity contribution in [2.45, 2.75) is 0 Å². The number of hydrogen-bond acceptors (Lipinski definition) is 3. The molecular weight excluding hydrogens is 302 g/mol. The Labute approximate surface area is 128 Å². The van der Waals surface area contributed by atoms with Gasteiger partial charge in [-0.1, -0.05) is 18.2 Å². The van der Waals surface area contributed by atoms with E-state index in [9.17, 15) is 13.2 Å². The Kier molecular flexibility index (Phi) is 3.07.